The molecule has 352 valence electrons. The molecular formula is C48H84NO11P. The Labute approximate surface area is 369 Å². The van der Waals surface area contributed by atoms with Crippen LogP contribution in [0.5, 0.6) is 0 Å². The SMILES string of the molecule is CCCCC/C=C\C/C=C\CC(O)/C=C\C=C\CCCC(=O)O[C@H](COC(=O)CCCCCCCCCCC/C=C\CCCCCCCC)COP(=O)(O)OC[C@H](N)C(=O)O. The summed E-state index contributed by atoms with van der Waals surface area (Å²) in [4.78, 5) is 46.0. The van der Waals surface area contributed by atoms with Crippen molar-refractivity contribution in [3.63, 3.8) is 0 Å². The first kappa shape index (κ1) is 58.1. The van der Waals surface area contributed by atoms with Crippen LogP contribution in [0.1, 0.15) is 187 Å². The van der Waals surface area contributed by atoms with E-state index in [1.807, 2.05) is 18.2 Å². The molecule has 13 heteroatoms. The Kier molecular flexibility index (Phi) is 40.5. The molecule has 0 radical (unpaired) electrons. The topological polar surface area (TPSA) is 192 Å². The number of unbranched alkanes of at least 4 members (excludes halogenated alkanes) is 19. The molecule has 0 aromatic rings. The first-order valence-electron chi connectivity index (χ1n) is 23.4. The number of hydrogen-bond acceptors (Lipinski definition) is 10. The highest BCUT2D eigenvalue weighted by Gasteiger charge is 2.28. The number of aliphatic carboxylic acids is 1. The van der Waals surface area contributed by atoms with Gasteiger partial charge in [-0.15, -0.1) is 0 Å². The van der Waals surface area contributed by atoms with Gasteiger partial charge in [0.1, 0.15) is 12.6 Å². The summed E-state index contributed by atoms with van der Waals surface area (Å²) < 4.78 is 32.6. The summed E-state index contributed by atoms with van der Waals surface area (Å²) >= 11 is 0. The first-order chi connectivity index (χ1) is 29.5. The lowest BCUT2D eigenvalue weighted by atomic mass is 10.1. The molecule has 5 N–H and O–H groups in total. The standard InChI is InChI=1S/C48H84NO11P/c1-3-5-7-9-11-13-14-15-16-17-18-19-20-21-22-24-26-30-34-38-46(51)57-40-44(41-58-61(55,56)59-42-45(49)48(53)54)60-47(52)39-35-31-27-29-33-37-43(50)36-32-28-25-23-12-10-8-6-4-2/h12,15-16,23,27-29,32-33,37,43-45,50H,3-11,13-14,17-22,24-26,30-31,34-36,38-42,49H2,1-2H3,(H,53,54)(H,55,56)/b16-15-,23-12-,29-27+,32-28-,37-33-/t43?,44-,45+/m1/s1. The summed E-state index contributed by atoms with van der Waals surface area (Å²) in [5, 5.41) is 19.0. The van der Waals surface area contributed by atoms with Crippen LogP contribution in [0.15, 0.2) is 60.8 Å². The summed E-state index contributed by atoms with van der Waals surface area (Å²) in [5.41, 5.74) is 5.33. The van der Waals surface area contributed by atoms with Crippen molar-refractivity contribution < 1.29 is 52.6 Å². The van der Waals surface area contributed by atoms with Crippen LogP contribution in [-0.4, -0.2) is 71.1 Å². The van der Waals surface area contributed by atoms with Crippen LogP contribution in [0.25, 0.3) is 0 Å². The van der Waals surface area contributed by atoms with Gasteiger partial charge in [-0.2, -0.15) is 0 Å². The van der Waals surface area contributed by atoms with Crippen LogP contribution in [0, 0.1) is 0 Å². The third kappa shape index (κ3) is 42.2. The molecule has 12 nitrogen and oxygen atoms in total. The van der Waals surface area contributed by atoms with Crippen molar-refractivity contribution in [3.8, 4) is 0 Å². The second-order valence-corrected chi connectivity index (χ2v) is 17.2. The van der Waals surface area contributed by atoms with Crippen LogP contribution in [0.2, 0.25) is 0 Å². The van der Waals surface area contributed by atoms with Crippen molar-refractivity contribution in [2.45, 2.75) is 205 Å². The average molecular weight is 882 g/mol. The monoisotopic (exact) mass is 882 g/mol. The van der Waals surface area contributed by atoms with Gasteiger partial charge in [-0.3, -0.25) is 23.4 Å². The summed E-state index contributed by atoms with van der Waals surface area (Å²) in [5.74, 6) is -2.53. The van der Waals surface area contributed by atoms with E-state index in [9.17, 15) is 28.9 Å². The number of carbonyl (C=O) groups excluding carboxylic acids is 2. The zero-order valence-corrected chi connectivity index (χ0v) is 38.7. The number of rotatable bonds is 43. The summed E-state index contributed by atoms with van der Waals surface area (Å²) in [6.07, 6.45) is 46.0. The number of carboxylic acid groups (broad SMARTS) is 1. The largest absolute Gasteiger partial charge is 0.480 e. The Balaban J connectivity index is 4.48. The number of aliphatic hydroxyl groups is 1. The number of carbonyl (C=O) groups is 3. The van der Waals surface area contributed by atoms with Gasteiger partial charge in [0, 0.05) is 12.8 Å². The molecule has 0 fully saturated rings. The maximum Gasteiger partial charge on any atom is 0.472 e. The minimum absolute atomic E-state index is 0.0242. The van der Waals surface area contributed by atoms with Crippen LogP contribution < -0.4 is 5.73 Å². The molecule has 0 aliphatic rings. The Hall–Kier alpha value is -2.86. The van der Waals surface area contributed by atoms with Gasteiger partial charge in [0.25, 0.3) is 0 Å². The fourth-order valence-corrected chi connectivity index (χ4v) is 6.85. The summed E-state index contributed by atoms with van der Waals surface area (Å²) in [6, 6.07) is -1.55. The normalized spacial score (nSPS) is 14.7. The van der Waals surface area contributed by atoms with Crippen molar-refractivity contribution in [2.75, 3.05) is 19.8 Å². The lowest BCUT2D eigenvalue weighted by Crippen LogP contribution is -2.34. The number of ether oxygens (including phenoxy) is 2. The minimum Gasteiger partial charge on any atom is -0.480 e. The molecular weight excluding hydrogens is 797 g/mol. The van der Waals surface area contributed by atoms with Gasteiger partial charge in [-0.25, -0.2) is 4.57 Å². The first-order valence-corrected chi connectivity index (χ1v) is 24.9. The van der Waals surface area contributed by atoms with E-state index in [0.717, 1.165) is 32.1 Å². The molecule has 0 aromatic carbocycles. The molecule has 0 bridgehead atoms. The molecule has 0 spiro atoms. The van der Waals surface area contributed by atoms with Crippen LogP contribution >= 0.6 is 7.82 Å². The van der Waals surface area contributed by atoms with Gasteiger partial charge < -0.3 is 30.3 Å². The highest BCUT2D eigenvalue weighted by molar-refractivity contribution is 7.47. The predicted octanol–water partition coefficient (Wildman–Crippen LogP) is 11.7. The van der Waals surface area contributed by atoms with Gasteiger partial charge in [0.15, 0.2) is 6.10 Å². The molecule has 0 rings (SSSR count). The number of carboxylic acids is 1. The molecule has 0 aliphatic heterocycles. The van der Waals surface area contributed by atoms with Gasteiger partial charge in [-0.1, -0.05) is 164 Å². The quantitative estimate of drug-likeness (QED) is 0.0149. The van der Waals surface area contributed by atoms with Gasteiger partial charge in [0.2, 0.25) is 0 Å². The fraction of sp³-hybridized carbons (Fsp3) is 0.729. The van der Waals surface area contributed by atoms with Gasteiger partial charge >= 0.3 is 25.7 Å². The van der Waals surface area contributed by atoms with E-state index in [4.69, 9.17) is 24.8 Å². The van der Waals surface area contributed by atoms with Crippen molar-refractivity contribution in [1.82, 2.24) is 0 Å². The molecule has 0 saturated carbocycles. The van der Waals surface area contributed by atoms with E-state index in [-0.39, 0.29) is 12.8 Å². The Morgan fingerprint density at radius 1 is 0.590 bits per heavy atom. The number of nitrogens with two attached hydrogens (primary N) is 1. The second-order valence-electron chi connectivity index (χ2n) is 15.7. The van der Waals surface area contributed by atoms with Gasteiger partial charge in [-0.05, 0) is 70.6 Å². The van der Waals surface area contributed by atoms with Crippen molar-refractivity contribution in [1.29, 1.82) is 0 Å². The Bertz CT molecular complexity index is 1280. The number of aliphatic hydroxyl groups excluding tert-OH is 1. The molecule has 61 heavy (non-hydrogen) atoms. The number of phosphoric acid groups is 1. The third-order valence-corrected chi connectivity index (χ3v) is 10.8. The summed E-state index contributed by atoms with van der Waals surface area (Å²) in [7, 11) is -4.76. The second kappa shape index (κ2) is 42.4. The van der Waals surface area contributed by atoms with E-state index < -0.39 is 63.8 Å². The zero-order valence-electron chi connectivity index (χ0n) is 37.9. The third-order valence-electron chi connectivity index (χ3n) is 9.82. The lowest BCUT2D eigenvalue weighted by molar-refractivity contribution is -0.161. The fourth-order valence-electron chi connectivity index (χ4n) is 6.07. The molecule has 0 amide bonds. The molecule has 0 aliphatic carbocycles. The molecule has 0 saturated heterocycles. The maximum absolute atomic E-state index is 12.6. The van der Waals surface area contributed by atoms with Crippen molar-refractivity contribution in [2.24, 2.45) is 5.73 Å². The van der Waals surface area contributed by atoms with E-state index in [1.54, 1.807) is 18.2 Å². The average Bonchev–Trinajstić information content (AvgIpc) is 3.23. The highest BCUT2D eigenvalue weighted by Crippen LogP contribution is 2.43. The minimum atomic E-state index is -4.76. The van der Waals surface area contributed by atoms with Crippen LogP contribution in [-0.2, 0) is 37.5 Å². The maximum atomic E-state index is 12.6. The van der Waals surface area contributed by atoms with Crippen LogP contribution in [0.4, 0.5) is 0 Å². The van der Waals surface area contributed by atoms with Crippen molar-refractivity contribution in [3.05, 3.63) is 60.8 Å². The Morgan fingerprint density at radius 3 is 1.70 bits per heavy atom. The molecule has 0 aromatic heterocycles. The molecule has 4 atom stereocenters. The van der Waals surface area contributed by atoms with Crippen LogP contribution in [0.3, 0.4) is 0 Å². The molecule has 0 heterocycles. The summed E-state index contributed by atoms with van der Waals surface area (Å²) in [6.45, 7) is 2.63. The number of esters is 2. The van der Waals surface area contributed by atoms with Gasteiger partial charge in [0.05, 0.1) is 19.3 Å². The van der Waals surface area contributed by atoms with Crippen molar-refractivity contribution >= 4 is 25.7 Å². The predicted molar refractivity (Wildman–Crippen MR) is 246 cm³/mol. The van der Waals surface area contributed by atoms with E-state index in [0.29, 0.717) is 25.7 Å². The van der Waals surface area contributed by atoms with E-state index in [2.05, 4.69) is 42.7 Å². The molecule has 2 unspecified atom stereocenters. The zero-order chi connectivity index (χ0) is 45.1. The van der Waals surface area contributed by atoms with E-state index >= 15 is 0 Å². The highest BCUT2D eigenvalue weighted by atomic mass is 31.2. The number of hydrogen-bond donors (Lipinski definition) is 4. The Morgan fingerprint density at radius 2 is 1.08 bits per heavy atom. The smallest absolute Gasteiger partial charge is 0.472 e. The number of phosphoric ester groups is 1. The van der Waals surface area contributed by atoms with E-state index in [1.165, 1.54) is 103 Å². The lowest BCUT2D eigenvalue weighted by Gasteiger charge is -2.20. The number of allylic oxidation sites excluding steroid dienone is 8.